The number of amides is 2. The number of likely N-dealkylation sites (tertiary alicyclic amines) is 1. The van der Waals surface area contributed by atoms with Crippen LogP contribution >= 0.6 is 11.3 Å². The monoisotopic (exact) mass is 856 g/mol. The second-order valence-corrected chi connectivity index (χ2v) is 17.4. The van der Waals surface area contributed by atoms with Crippen molar-refractivity contribution < 1.29 is 48.1 Å². The number of carbonyl (C=O) groups is 4. The van der Waals surface area contributed by atoms with Crippen LogP contribution in [-0.2, 0) is 28.6 Å². The van der Waals surface area contributed by atoms with Gasteiger partial charge in [0.05, 0.1) is 0 Å². The molecule has 2 atom stereocenters. The second kappa shape index (κ2) is 20.2. The number of ether oxygens (including phenoxy) is 4. The number of carboxylic acid groups (broad SMARTS) is 1. The van der Waals surface area contributed by atoms with Crippen molar-refractivity contribution in [2.75, 3.05) is 25.0 Å². The van der Waals surface area contributed by atoms with E-state index in [2.05, 4.69) is 20.8 Å². The molecule has 61 heavy (non-hydrogen) atoms. The van der Waals surface area contributed by atoms with Gasteiger partial charge in [0, 0.05) is 29.6 Å². The highest BCUT2D eigenvalue weighted by Gasteiger charge is 2.31. The van der Waals surface area contributed by atoms with Gasteiger partial charge in [0.1, 0.15) is 35.1 Å². The van der Waals surface area contributed by atoms with Crippen molar-refractivity contribution in [2.24, 2.45) is 5.16 Å². The average Bonchev–Trinajstić information content (AvgIpc) is 3.55. The standard InChI is InChI=1S/C44H52N6O10S/c1-27-34(47-40(61-27)48-41(54)58-43(2,3)4)35(38(51)52)49-60-33(39(53)57-36(28-15-10-8-11-16-28)29-17-12-9-13-18-29)26-56-32-22-20-30(21-23-32)37(45)46-31-19-14-24-50(25-31)42(55)59-44(5,6)7/h8-13,15-18,20-23,31,33,36H,14,19,24-26H2,1-7H3,(H2,45,46)(H,51,52)(H,47,48,54)/b49-35-. The molecular formula is C44H52N6O10S. The first-order chi connectivity index (χ1) is 28.8. The number of anilines is 1. The number of aliphatic carboxylic acids is 1. The van der Waals surface area contributed by atoms with Gasteiger partial charge in [0.2, 0.25) is 5.71 Å². The maximum absolute atomic E-state index is 14.0. The van der Waals surface area contributed by atoms with Crippen molar-refractivity contribution in [1.82, 2.24) is 15.2 Å². The van der Waals surface area contributed by atoms with E-state index in [-0.39, 0.29) is 22.7 Å². The van der Waals surface area contributed by atoms with E-state index in [0.717, 1.165) is 24.2 Å². The van der Waals surface area contributed by atoms with E-state index in [4.69, 9.17) is 29.2 Å². The average molecular weight is 857 g/mol. The third-order valence-electron chi connectivity index (χ3n) is 8.77. The van der Waals surface area contributed by atoms with Crippen molar-refractivity contribution >= 4 is 52.1 Å². The smallest absolute Gasteiger partial charge is 0.413 e. The molecule has 17 heteroatoms. The van der Waals surface area contributed by atoms with Crippen LogP contribution in [0.5, 0.6) is 5.75 Å². The first kappa shape index (κ1) is 45.6. The third kappa shape index (κ3) is 13.8. The Morgan fingerprint density at radius 2 is 1.52 bits per heavy atom. The first-order valence-electron chi connectivity index (χ1n) is 19.7. The maximum Gasteiger partial charge on any atom is 0.413 e. The fourth-order valence-electron chi connectivity index (χ4n) is 6.04. The van der Waals surface area contributed by atoms with E-state index in [0.29, 0.717) is 40.4 Å². The van der Waals surface area contributed by atoms with Crippen molar-refractivity contribution in [3.63, 3.8) is 0 Å². The Bertz CT molecular complexity index is 2140. The molecule has 0 spiro atoms. The van der Waals surface area contributed by atoms with E-state index in [9.17, 15) is 24.3 Å². The topological polar surface area (TPSA) is 211 Å². The summed E-state index contributed by atoms with van der Waals surface area (Å²) in [5.41, 5.74) is -0.213. The van der Waals surface area contributed by atoms with Crippen molar-refractivity contribution in [3.05, 3.63) is 112 Å². The van der Waals surface area contributed by atoms with Gasteiger partial charge in [-0.15, -0.1) is 11.3 Å². The van der Waals surface area contributed by atoms with Crippen LogP contribution < -0.4 is 15.4 Å². The molecule has 16 nitrogen and oxygen atoms in total. The maximum atomic E-state index is 14.0. The van der Waals surface area contributed by atoms with Crippen LogP contribution in [0.3, 0.4) is 0 Å². The van der Waals surface area contributed by atoms with Crippen molar-refractivity contribution in [2.45, 2.75) is 90.8 Å². The Kier molecular flexibility index (Phi) is 15.1. The highest BCUT2D eigenvalue weighted by molar-refractivity contribution is 7.16. The van der Waals surface area contributed by atoms with E-state index in [1.54, 1.807) is 56.9 Å². The summed E-state index contributed by atoms with van der Waals surface area (Å²) in [6.45, 7) is 12.7. The Morgan fingerprint density at radius 1 is 0.918 bits per heavy atom. The number of aromatic nitrogens is 1. The van der Waals surface area contributed by atoms with E-state index in [1.165, 1.54) is 0 Å². The number of amidine groups is 1. The minimum absolute atomic E-state index is 0.0665. The molecule has 0 aliphatic carbocycles. The van der Waals surface area contributed by atoms with Crippen LogP contribution in [0.1, 0.15) is 87.7 Å². The molecule has 1 aliphatic rings. The van der Waals surface area contributed by atoms with Crippen LogP contribution in [-0.4, -0.2) is 93.7 Å². The first-order valence-corrected chi connectivity index (χ1v) is 20.5. The fraction of sp³-hybridized carbons (Fsp3) is 0.386. The summed E-state index contributed by atoms with van der Waals surface area (Å²) >= 11 is 1.00. The lowest BCUT2D eigenvalue weighted by atomic mass is 10.0. The quantitative estimate of drug-likeness (QED) is 0.0316. The SMILES string of the molecule is Cc1sc(NC(=O)OC(C)(C)C)nc1/C(=N/OC(COc1ccc(C(=N)NC2CCCN(C(=O)OC(C)(C)C)C2)cc1)C(=O)OC(c1ccccc1)c1ccccc1)C(=O)O. The number of piperidine rings is 1. The second-order valence-electron chi connectivity index (χ2n) is 16.1. The van der Waals surface area contributed by atoms with Crippen molar-refractivity contribution in [1.29, 1.82) is 5.41 Å². The number of carboxylic acids is 1. The molecule has 1 fully saturated rings. The van der Waals surface area contributed by atoms with Gasteiger partial charge in [-0.25, -0.2) is 24.2 Å². The minimum atomic E-state index is -1.58. The van der Waals surface area contributed by atoms with Crippen LogP contribution in [0.4, 0.5) is 14.7 Å². The highest BCUT2D eigenvalue weighted by atomic mass is 32.1. The molecule has 2 unspecified atom stereocenters. The molecule has 3 aromatic carbocycles. The molecule has 1 aromatic heterocycles. The van der Waals surface area contributed by atoms with Gasteiger partial charge in [-0.2, -0.15) is 0 Å². The van der Waals surface area contributed by atoms with Crippen LogP contribution in [0.25, 0.3) is 0 Å². The van der Waals surface area contributed by atoms with E-state index < -0.39 is 59.9 Å². The number of oxime groups is 1. The Labute approximate surface area is 358 Å². The lowest BCUT2D eigenvalue weighted by molar-refractivity contribution is -0.163. The Hall–Kier alpha value is -6.49. The lowest BCUT2D eigenvalue weighted by Crippen LogP contribution is -2.50. The van der Waals surface area contributed by atoms with E-state index >= 15 is 0 Å². The summed E-state index contributed by atoms with van der Waals surface area (Å²) in [4.78, 5) is 63.6. The number of nitrogens with zero attached hydrogens (tertiary/aromatic N) is 3. The number of carbonyl (C=O) groups excluding carboxylic acids is 3. The van der Waals surface area contributed by atoms with Gasteiger partial charge in [-0.1, -0.05) is 65.8 Å². The number of hydrogen-bond donors (Lipinski definition) is 4. The lowest BCUT2D eigenvalue weighted by Gasteiger charge is -2.34. The molecular weight excluding hydrogens is 805 g/mol. The molecule has 2 heterocycles. The summed E-state index contributed by atoms with van der Waals surface area (Å²) in [5.74, 6) is -1.94. The zero-order chi connectivity index (χ0) is 44.3. The zero-order valence-electron chi connectivity index (χ0n) is 35.2. The molecule has 0 saturated carbocycles. The van der Waals surface area contributed by atoms with Gasteiger partial charge in [-0.05, 0) is 96.7 Å². The summed E-state index contributed by atoms with van der Waals surface area (Å²) in [6.07, 6.45) is -2.08. The zero-order valence-corrected chi connectivity index (χ0v) is 36.0. The van der Waals surface area contributed by atoms with Crippen LogP contribution in [0, 0.1) is 12.3 Å². The molecule has 324 valence electrons. The predicted molar refractivity (Wildman–Crippen MR) is 229 cm³/mol. The van der Waals surface area contributed by atoms with Gasteiger partial charge in [0.25, 0.3) is 6.10 Å². The normalized spacial score (nSPS) is 15.0. The number of esters is 1. The van der Waals surface area contributed by atoms with Gasteiger partial charge in [-0.3, -0.25) is 10.7 Å². The van der Waals surface area contributed by atoms with Gasteiger partial charge in [0.15, 0.2) is 11.2 Å². The fourth-order valence-corrected chi connectivity index (χ4v) is 6.84. The molecule has 4 N–H and O–H groups in total. The Balaban J connectivity index is 1.33. The van der Waals surface area contributed by atoms with Crippen LogP contribution in [0.15, 0.2) is 90.1 Å². The number of rotatable bonds is 14. The molecule has 5 rings (SSSR count). The molecule has 1 aliphatic heterocycles. The predicted octanol–water partition coefficient (Wildman–Crippen LogP) is 7.70. The number of hydrogen-bond acceptors (Lipinski definition) is 13. The van der Waals surface area contributed by atoms with Crippen LogP contribution in [0.2, 0.25) is 0 Å². The summed E-state index contributed by atoms with van der Waals surface area (Å²) < 4.78 is 22.9. The molecule has 1 saturated heterocycles. The number of aryl methyl sites for hydroxylation is 1. The number of thiazole rings is 1. The summed E-state index contributed by atoms with van der Waals surface area (Å²) in [5, 5.41) is 28.6. The highest BCUT2D eigenvalue weighted by Crippen LogP contribution is 2.28. The van der Waals surface area contributed by atoms with Crippen molar-refractivity contribution in [3.8, 4) is 5.75 Å². The molecule has 4 aromatic rings. The summed E-state index contributed by atoms with van der Waals surface area (Å²) in [7, 11) is 0. The third-order valence-corrected chi connectivity index (χ3v) is 9.66. The Morgan fingerprint density at radius 3 is 2.10 bits per heavy atom. The van der Waals surface area contributed by atoms with Gasteiger partial charge >= 0.3 is 24.1 Å². The number of nitrogens with one attached hydrogen (secondary N) is 3. The number of benzene rings is 3. The summed E-state index contributed by atoms with van der Waals surface area (Å²) in [6, 6.07) is 24.6. The minimum Gasteiger partial charge on any atom is -0.489 e. The molecule has 0 bridgehead atoms. The largest absolute Gasteiger partial charge is 0.489 e. The van der Waals surface area contributed by atoms with E-state index in [1.807, 2.05) is 81.4 Å². The van der Waals surface area contributed by atoms with Gasteiger partial charge < -0.3 is 39.1 Å². The molecule has 2 amide bonds. The molecule has 0 radical (unpaired) electrons.